The highest BCUT2D eigenvalue weighted by Crippen LogP contribution is 2.10. The predicted molar refractivity (Wildman–Crippen MR) is 107 cm³/mol. The van der Waals surface area contributed by atoms with Crippen LogP contribution in [0.25, 0.3) is 10.8 Å². The minimum atomic E-state index is -0.306. The average molecular weight is 381 g/mol. The van der Waals surface area contributed by atoms with Crippen LogP contribution in [0.15, 0.2) is 59.5 Å². The maximum absolute atomic E-state index is 13.2. The molecule has 1 aromatic heterocycles. The zero-order valence-electron chi connectivity index (χ0n) is 16.0. The molecular weight excluding hydrogens is 357 g/mol. The molecule has 3 rings (SSSR count). The zero-order valence-corrected chi connectivity index (χ0v) is 16.0. The average Bonchev–Trinajstić information content (AvgIpc) is 2.71. The lowest BCUT2D eigenvalue weighted by Crippen LogP contribution is -2.37. The highest BCUT2D eigenvalue weighted by Gasteiger charge is 2.16. The number of unbranched alkanes of at least 4 members (excludes halogenated alkanes) is 2. The van der Waals surface area contributed by atoms with Crippen molar-refractivity contribution < 1.29 is 9.18 Å². The summed E-state index contributed by atoms with van der Waals surface area (Å²) in [5, 5.41) is 5.45. The van der Waals surface area contributed by atoms with Crippen molar-refractivity contribution in [2.24, 2.45) is 0 Å². The second-order valence-electron chi connectivity index (χ2n) is 6.84. The van der Waals surface area contributed by atoms with Gasteiger partial charge in [-0.05, 0) is 30.2 Å². The number of halogens is 1. The number of hydrogen-bond donors (Lipinski definition) is 0. The largest absolute Gasteiger partial charge is 0.337 e. The van der Waals surface area contributed by atoms with Gasteiger partial charge < -0.3 is 4.90 Å². The Hall–Kier alpha value is -3.02. The van der Waals surface area contributed by atoms with Gasteiger partial charge in [0.05, 0.1) is 11.6 Å². The van der Waals surface area contributed by atoms with Crippen molar-refractivity contribution in [2.75, 3.05) is 6.54 Å². The lowest BCUT2D eigenvalue weighted by atomic mass is 10.2. The molecule has 0 aliphatic heterocycles. The van der Waals surface area contributed by atoms with Gasteiger partial charge in [-0.15, -0.1) is 0 Å². The monoisotopic (exact) mass is 381 g/mol. The maximum Gasteiger partial charge on any atom is 0.275 e. The van der Waals surface area contributed by atoms with Crippen LogP contribution >= 0.6 is 0 Å². The van der Waals surface area contributed by atoms with E-state index in [0.29, 0.717) is 18.5 Å². The fourth-order valence-corrected chi connectivity index (χ4v) is 3.12. The van der Waals surface area contributed by atoms with Gasteiger partial charge in [0.25, 0.3) is 5.56 Å². The summed E-state index contributed by atoms with van der Waals surface area (Å²) in [5.41, 5.74) is 0.576. The van der Waals surface area contributed by atoms with Gasteiger partial charge in [-0.1, -0.05) is 50.1 Å². The number of carbonyl (C=O) groups excluding carboxylic acids is 1. The molecule has 0 saturated carbocycles. The Bertz CT molecular complexity index is 999. The Balaban J connectivity index is 1.79. The summed E-state index contributed by atoms with van der Waals surface area (Å²) in [5.74, 6) is -0.482. The van der Waals surface area contributed by atoms with Crippen LogP contribution < -0.4 is 5.56 Å². The highest BCUT2D eigenvalue weighted by molar-refractivity contribution is 5.81. The Labute approximate surface area is 163 Å². The molecule has 0 atom stereocenters. The van der Waals surface area contributed by atoms with Crippen molar-refractivity contribution in [3.8, 4) is 0 Å². The quantitative estimate of drug-likeness (QED) is 0.559. The van der Waals surface area contributed by atoms with E-state index in [0.717, 1.165) is 30.2 Å². The molecule has 0 radical (unpaired) electrons. The third-order valence-electron chi connectivity index (χ3n) is 4.72. The van der Waals surface area contributed by atoms with E-state index in [1.165, 1.54) is 16.8 Å². The van der Waals surface area contributed by atoms with E-state index >= 15 is 0 Å². The Kier molecular flexibility index (Phi) is 6.53. The number of fused-ring (bicyclic) bond motifs is 1. The maximum atomic E-state index is 13.2. The van der Waals surface area contributed by atoms with Crippen molar-refractivity contribution in [3.05, 3.63) is 76.5 Å². The lowest BCUT2D eigenvalue weighted by molar-refractivity contribution is -0.132. The molecule has 0 unspecified atom stereocenters. The first-order chi connectivity index (χ1) is 13.6. The SMILES string of the molecule is CCCCCN(Cc1ccc(F)cc1)C(=O)Cn1ncc2ccccc2c1=O. The minimum absolute atomic E-state index is 0.114. The molecule has 0 saturated heterocycles. The molecule has 146 valence electrons. The second-order valence-corrected chi connectivity index (χ2v) is 6.84. The van der Waals surface area contributed by atoms with Gasteiger partial charge in [0.2, 0.25) is 5.91 Å². The number of amides is 1. The van der Waals surface area contributed by atoms with E-state index in [1.54, 1.807) is 35.4 Å². The molecule has 0 aliphatic carbocycles. The van der Waals surface area contributed by atoms with Crippen LogP contribution in [0.2, 0.25) is 0 Å². The van der Waals surface area contributed by atoms with Crippen LogP contribution in [0.1, 0.15) is 31.7 Å². The summed E-state index contributed by atoms with van der Waals surface area (Å²) >= 11 is 0. The number of nitrogens with zero attached hydrogens (tertiary/aromatic N) is 3. The minimum Gasteiger partial charge on any atom is -0.337 e. The normalized spacial score (nSPS) is 10.9. The van der Waals surface area contributed by atoms with Crippen LogP contribution in [0.3, 0.4) is 0 Å². The molecule has 1 amide bonds. The first-order valence-corrected chi connectivity index (χ1v) is 9.55. The number of aromatic nitrogens is 2. The number of benzene rings is 2. The van der Waals surface area contributed by atoms with E-state index < -0.39 is 0 Å². The molecule has 1 heterocycles. The summed E-state index contributed by atoms with van der Waals surface area (Å²) in [6.45, 7) is 2.96. The van der Waals surface area contributed by atoms with E-state index in [9.17, 15) is 14.0 Å². The molecule has 28 heavy (non-hydrogen) atoms. The van der Waals surface area contributed by atoms with Crippen LogP contribution in [0, 0.1) is 5.82 Å². The summed E-state index contributed by atoms with van der Waals surface area (Å²) < 4.78 is 14.4. The molecule has 0 fully saturated rings. The van der Waals surface area contributed by atoms with Crippen molar-refractivity contribution in [2.45, 2.75) is 39.3 Å². The van der Waals surface area contributed by atoms with Crippen LogP contribution in [-0.4, -0.2) is 27.1 Å². The van der Waals surface area contributed by atoms with Gasteiger partial charge in [0.15, 0.2) is 0 Å². The van der Waals surface area contributed by atoms with E-state index in [-0.39, 0.29) is 23.8 Å². The highest BCUT2D eigenvalue weighted by atomic mass is 19.1. The fourth-order valence-electron chi connectivity index (χ4n) is 3.12. The molecule has 0 spiro atoms. The number of carbonyl (C=O) groups is 1. The van der Waals surface area contributed by atoms with Crippen molar-refractivity contribution in [1.29, 1.82) is 0 Å². The topological polar surface area (TPSA) is 55.2 Å². The first kappa shape index (κ1) is 19.7. The standard InChI is InChI=1S/C22H24FN3O2/c1-2-3-6-13-25(15-17-9-11-19(23)12-10-17)21(27)16-26-22(28)20-8-5-4-7-18(20)14-24-26/h4-5,7-12,14H,2-3,6,13,15-16H2,1H3. The van der Waals surface area contributed by atoms with Crippen molar-refractivity contribution in [1.82, 2.24) is 14.7 Å². The number of hydrogen-bond acceptors (Lipinski definition) is 3. The first-order valence-electron chi connectivity index (χ1n) is 9.55. The lowest BCUT2D eigenvalue weighted by Gasteiger charge is -2.23. The van der Waals surface area contributed by atoms with E-state index in [1.807, 2.05) is 12.1 Å². The van der Waals surface area contributed by atoms with E-state index in [4.69, 9.17) is 0 Å². The van der Waals surface area contributed by atoms with Gasteiger partial charge in [-0.25, -0.2) is 9.07 Å². The summed E-state index contributed by atoms with van der Waals surface area (Å²) in [7, 11) is 0. The van der Waals surface area contributed by atoms with Crippen LogP contribution in [0.5, 0.6) is 0 Å². The third kappa shape index (κ3) is 4.82. The molecule has 3 aromatic rings. The van der Waals surface area contributed by atoms with Crippen LogP contribution in [-0.2, 0) is 17.9 Å². The second kappa shape index (κ2) is 9.26. The third-order valence-corrected chi connectivity index (χ3v) is 4.72. The Morgan fingerprint density at radius 1 is 1.11 bits per heavy atom. The molecule has 0 N–H and O–H groups in total. The Morgan fingerprint density at radius 3 is 2.61 bits per heavy atom. The molecule has 0 bridgehead atoms. The van der Waals surface area contributed by atoms with Crippen molar-refractivity contribution >= 4 is 16.7 Å². The molecule has 6 heteroatoms. The predicted octanol–water partition coefficient (Wildman–Crippen LogP) is 3.75. The van der Waals surface area contributed by atoms with Crippen LogP contribution in [0.4, 0.5) is 4.39 Å². The van der Waals surface area contributed by atoms with Gasteiger partial charge in [0, 0.05) is 18.5 Å². The summed E-state index contributed by atoms with van der Waals surface area (Å²) in [4.78, 5) is 27.3. The molecular formula is C22H24FN3O2. The smallest absolute Gasteiger partial charge is 0.275 e. The molecule has 0 aliphatic rings. The van der Waals surface area contributed by atoms with Gasteiger partial charge in [-0.2, -0.15) is 5.10 Å². The van der Waals surface area contributed by atoms with Gasteiger partial charge in [0.1, 0.15) is 12.4 Å². The number of rotatable bonds is 8. The molecule has 5 nitrogen and oxygen atoms in total. The van der Waals surface area contributed by atoms with Crippen molar-refractivity contribution in [3.63, 3.8) is 0 Å². The van der Waals surface area contributed by atoms with Gasteiger partial charge in [-0.3, -0.25) is 9.59 Å². The zero-order chi connectivity index (χ0) is 19.9. The fraction of sp³-hybridized carbons (Fsp3) is 0.318. The molecule has 2 aromatic carbocycles. The van der Waals surface area contributed by atoms with E-state index in [2.05, 4.69) is 12.0 Å². The summed E-state index contributed by atoms with van der Waals surface area (Å²) in [6.07, 6.45) is 4.54. The van der Waals surface area contributed by atoms with Gasteiger partial charge >= 0.3 is 0 Å². The Morgan fingerprint density at radius 2 is 1.86 bits per heavy atom. The summed E-state index contributed by atoms with van der Waals surface area (Å²) in [6, 6.07) is 13.3.